The molecule has 0 saturated heterocycles. The zero-order valence-electron chi connectivity index (χ0n) is 11.5. The SMILES string of the molecule is COc1cccc(-c2cc(C(F)(F)F)ccc2N)c1OC. The predicted molar refractivity (Wildman–Crippen MR) is 74.4 cm³/mol. The fraction of sp³-hybridized carbons (Fsp3) is 0.200. The smallest absolute Gasteiger partial charge is 0.416 e. The van der Waals surface area contributed by atoms with Gasteiger partial charge in [0.2, 0.25) is 0 Å². The lowest BCUT2D eigenvalue weighted by molar-refractivity contribution is -0.137. The van der Waals surface area contributed by atoms with Crippen molar-refractivity contribution in [1.82, 2.24) is 0 Å². The summed E-state index contributed by atoms with van der Waals surface area (Å²) < 4.78 is 48.9. The van der Waals surface area contributed by atoms with Crippen LogP contribution in [-0.2, 0) is 6.18 Å². The van der Waals surface area contributed by atoms with Crippen molar-refractivity contribution in [2.45, 2.75) is 6.18 Å². The molecule has 0 atom stereocenters. The number of rotatable bonds is 3. The molecule has 0 heterocycles. The summed E-state index contributed by atoms with van der Waals surface area (Å²) in [5, 5.41) is 0. The lowest BCUT2D eigenvalue weighted by Gasteiger charge is -2.16. The molecule has 2 N–H and O–H groups in total. The zero-order chi connectivity index (χ0) is 15.6. The standard InChI is InChI=1S/C15H14F3NO2/c1-20-13-5-3-4-10(14(13)21-2)11-8-9(15(16,17)18)6-7-12(11)19/h3-8H,19H2,1-2H3. The van der Waals surface area contributed by atoms with E-state index in [-0.39, 0.29) is 11.3 Å². The molecule has 0 aliphatic heterocycles. The Morgan fingerprint density at radius 2 is 1.67 bits per heavy atom. The van der Waals surface area contributed by atoms with Crippen molar-refractivity contribution in [3.05, 3.63) is 42.0 Å². The van der Waals surface area contributed by atoms with E-state index in [9.17, 15) is 13.2 Å². The Morgan fingerprint density at radius 1 is 0.952 bits per heavy atom. The molecule has 2 rings (SSSR count). The molecule has 0 aromatic heterocycles. The highest BCUT2D eigenvalue weighted by atomic mass is 19.4. The average Bonchev–Trinajstić information content (AvgIpc) is 2.45. The van der Waals surface area contributed by atoms with E-state index < -0.39 is 11.7 Å². The molecule has 2 aromatic rings. The van der Waals surface area contributed by atoms with Crippen LogP contribution >= 0.6 is 0 Å². The Balaban J connectivity index is 2.67. The number of para-hydroxylation sites is 1. The van der Waals surface area contributed by atoms with Crippen molar-refractivity contribution in [1.29, 1.82) is 0 Å². The Labute approximate surface area is 120 Å². The van der Waals surface area contributed by atoms with Gasteiger partial charge in [-0.2, -0.15) is 13.2 Å². The summed E-state index contributed by atoms with van der Waals surface area (Å²) in [7, 11) is 2.88. The fourth-order valence-corrected chi connectivity index (χ4v) is 2.07. The Morgan fingerprint density at radius 3 is 2.24 bits per heavy atom. The molecule has 0 saturated carbocycles. The van der Waals surface area contributed by atoms with E-state index in [1.54, 1.807) is 18.2 Å². The maximum atomic E-state index is 12.8. The number of hydrogen-bond acceptors (Lipinski definition) is 3. The van der Waals surface area contributed by atoms with E-state index in [2.05, 4.69) is 0 Å². The zero-order valence-corrected chi connectivity index (χ0v) is 11.5. The normalized spacial score (nSPS) is 11.3. The topological polar surface area (TPSA) is 44.5 Å². The van der Waals surface area contributed by atoms with Crippen LogP contribution in [0.4, 0.5) is 18.9 Å². The number of hydrogen-bond donors (Lipinski definition) is 1. The minimum atomic E-state index is -4.44. The maximum Gasteiger partial charge on any atom is 0.416 e. The molecule has 21 heavy (non-hydrogen) atoms. The lowest BCUT2D eigenvalue weighted by Crippen LogP contribution is -2.06. The highest BCUT2D eigenvalue weighted by molar-refractivity contribution is 5.82. The summed E-state index contributed by atoms with van der Waals surface area (Å²) in [6.07, 6.45) is -4.44. The molecule has 112 valence electrons. The quantitative estimate of drug-likeness (QED) is 0.872. The van der Waals surface area contributed by atoms with Crippen molar-refractivity contribution in [2.75, 3.05) is 20.0 Å². The van der Waals surface area contributed by atoms with Crippen molar-refractivity contribution in [2.24, 2.45) is 0 Å². The van der Waals surface area contributed by atoms with Gasteiger partial charge in [0.15, 0.2) is 11.5 Å². The first-order valence-electron chi connectivity index (χ1n) is 6.06. The molecule has 0 spiro atoms. The molecule has 0 aliphatic carbocycles. The monoisotopic (exact) mass is 297 g/mol. The second-order valence-corrected chi connectivity index (χ2v) is 4.34. The number of nitrogen functional groups attached to an aromatic ring is 1. The highest BCUT2D eigenvalue weighted by Gasteiger charge is 2.31. The number of alkyl halides is 3. The van der Waals surface area contributed by atoms with Gasteiger partial charge in [-0.3, -0.25) is 0 Å². The van der Waals surface area contributed by atoms with Crippen LogP contribution < -0.4 is 15.2 Å². The molecule has 6 heteroatoms. The van der Waals surface area contributed by atoms with Gasteiger partial charge in [0.1, 0.15) is 0 Å². The number of methoxy groups -OCH3 is 2. The second kappa shape index (κ2) is 5.55. The molecule has 0 unspecified atom stereocenters. The van der Waals surface area contributed by atoms with E-state index in [0.29, 0.717) is 17.1 Å². The summed E-state index contributed by atoms with van der Waals surface area (Å²) >= 11 is 0. The van der Waals surface area contributed by atoms with Gasteiger partial charge in [-0.15, -0.1) is 0 Å². The molecular weight excluding hydrogens is 283 g/mol. The highest BCUT2D eigenvalue weighted by Crippen LogP contribution is 2.42. The number of nitrogens with two attached hydrogens (primary N) is 1. The number of benzene rings is 2. The maximum absolute atomic E-state index is 12.8. The minimum Gasteiger partial charge on any atom is -0.493 e. The summed E-state index contributed by atoms with van der Waals surface area (Å²) in [5.74, 6) is 0.762. The van der Waals surface area contributed by atoms with Gasteiger partial charge in [0.05, 0.1) is 19.8 Å². The van der Waals surface area contributed by atoms with Gasteiger partial charge >= 0.3 is 6.18 Å². The van der Waals surface area contributed by atoms with Gasteiger partial charge < -0.3 is 15.2 Å². The first kappa shape index (κ1) is 15.0. The fourth-order valence-electron chi connectivity index (χ4n) is 2.07. The van der Waals surface area contributed by atoms with Crippen molar-refractivity contribution in [3.63, 3.8) is 0 Å². The van der Waals surface area contributed by atoms with Crippen LogP contribution in [0.3, 0.4) is 0 Å². The number of halogens is 3. The summed E-state index contributed by atoms with van der Waals surface area (Å²) in [6, 6.07) is 8.14. The number of ether oxygens (including phenoxy) is 2. The van der Waals surface area contributed by atoms with Crippen molar-refractivity contribution >= 4 is 5.69 Å². The van der Waals surface area contributed by atoms with Crippen LogP contribution in [0.2, 0.25) is 0 Å². The van der Waals surface area contributed by atoms with E-state index in [1.807, 2.05) is 0 Å². The third-order valence-electron chi connectivity index (χ3n) is 3.07. The molecule has 0 aliphatic rings. The van der Waals surface area contributed by atoms with Crippen molar-refractivity contribution < 1.29 is 22.6 Å². The van der Waals surface area contributed by atoms with Gasteiger partial charge in [0, 0.05) is 16.8 Å². The molecular formula is C15H14F3NO2. The van der Waals surface area contributed by atoms with Gasteiger partial charge in [-0.05, 0) is 24.3 Å². The molecule has 0 amide bonds. The first-order chi connectivity index (χ1) is 9.88. The van der Waals surface area contributed by atoms with Crippen LogP contribution in [0.25, 0.3) is 11.1 Å². The van der Waals surface area contributed by atoms with Crippen LogP contribution in [-0.4, -0.2) is 14.2 Å². The molecule has 2 aromatic carbocycles. The Kier molecular flexibility index (Phi) is 3.97. The van der Waals surface area contributed by atoms with E-state index in [1.165, 1.54) is 20.3 Å². The van der Waals surface area contributed by atoms with Gasteiger partial charge in [0.25, 0.3) is 0 Å². The summed E-state index contributed by atoms with van der Waals surface area (Å²) in [6.45, 7) is 0. The van der Waals surface area contributed by atoms with E-state index in [0.717, 1.165) is 12.1 Å². The Bertz CT molecular complexity index is 654. The predicted octanol–water partition coefficient (Wildman–Crippen LogP) is 3.97. The summed E-state index contributed by atoms with van der Waals surface area (Å²) in [5.41, 5.74) is 5.98. The first-order valence-corrected chi connectivity index (χ1v) is 6.06. The minimum absolute atomic E-state index is 0.231. The van der Waals surface area contributed by atoms with E-state index in [4.69, 9.17) is 15.2 Å². The van der Waals surface area contributed by atoms with Gasteiger partial charge in [-0.1, -0.05) is 12.1 Å². The van der Waals surface area contributed by atoms with Gasteiger partial charge in [-0.25, -0.2) is 0 Å². The largest absolute Gasteiger partial charge is 0.493 e. The van der Waals surface area contributed by atoms with Crippen LogP contribution in [0, 0.1) is 0 Å². The third-order valence-corrected chi connectivity index (χ3v) is 3.07. The molecule has 0 bridgehead atoms. The summed E-state index contributed by atoms with van der Waals surface area (Å²) in [4.78, 5) is 0. The second-order valence-electron chi connectivity index (χ2n) is 4.34. The molecule has 3 nitrogen and oxygen atoms in total. The lowest BCUT2D eigenvalue weighted by atomic mass is 9.99. The third kappa shape index (κ3) is 2.89. The Hall–Kier alpha value is -2.37. The van der Waals surface area contributed by atoms with Crippen LogP contribution in [0.1, 0.15) is 5.56 Å². The van der Waals surface area contributed by atoms with Crippen LogP contribution in [0.15, 0.2) is 36.4 Å². The van der Waals surface area contributed by atoms with Crippen LogP contribution in [0.5, 0.6) is 11.5 Å². The average molecular weight is 297 g/mol. The number of anilines is 1. The molecule has 0 radical (unpaired) electrons. The van der Waals surface area contributed by atoms with Crippen molar-refractivity contribution in [3.8, 4) is 22.6 Å². The molecule has 0 fully saturated rings. The van der Waals surface area contributed by atoms with E-state index >= 15 is 0 Å².